The van der Waals surface area contributed by atoms with Crippen LogP contribution in [-0.4, -0.2) is 65.5 Å². The Morgan fingerprint density at radius 3 is 2.30 bits per heavy atom. The van der Waals surface area contributed by atoms with Crippen LogP contribution in [0.3, 0.4) is 0 Å². The highest BCUT2D eigenvalue weighted by molar-refractivity contribution is 6.30. The highest BCUT2D eigenvalue weighted by Crippen LogP contribution is 2.36. The summed E-state index contributed by atoms with van der Waals surface area (Å²) < 4.78 is 13.0. The van der Waals surface area contributed by atoms with E-state index < -0.39 is 0 Å². The predicted octanol–water partition coefficient (Wildman–Crippen LogP) is 4.01. The molecule has 176 valence electrons. The number of methoxy groups -OCH3 is 2. The lowest BCUT2D eigenvalue weighted by Crippen LogP contribution is -2.48. The summed E-state index contributed by atoms with van der Waals surface area (Å²) in [6.45, 7) is 9.77. The van der Waals surface area contributed by atoms with Gasteiger partial charge in [-0.25, -0.2) is 4.68 Å². The van der Waals surface area contributed by atoms with Gasteiger partial charge in [0.25, 0.3) is 0 Å². The Hall–Kier alpha value is -2.84. The van der Waals surface area contributed by atoms with Crippen molar-refractivity contribution in [3.63, 3.8) is 0 Å². The van der Waals surface area contributed by atoms with Gasteiger partial charge in [-0.05, 0) is 67.1 Å². The first-order chi connectivity index (χ1) is 15.8. The molecule has 0 aliphatic carbocycles. The number of tetrazole rings is 1. The minimum Gasteiger partial charge on any atom is -0.493 e. The number of halogens is 1. The molecule has 2 heterocycles. The fourth-order valence-corrected chi connectivity index (χ4v) is 4.48. The molecule has 0 N–H and O–H groups in total. The maximum atomic E-state index is 6.22. The van der Waals surface area contributed by atoms with E-state index in [1.54, 1.807) is 14.2 Å². The second-order valence-corrected chi connectivity index (χ2v) is 9.58. The van der Waals surface area contributed by atoms with Gasteiger partial charge in [0.1, 0.15) is 0 Å². The lowest BCUT2D eigenvalue weighted by molar-refractivity contribution is 0.191. The number of nitrogens with zero attached hydrogens (tertiary/aromatic N) is 6. The molecular formula is C24H31ClN6O2. The minimum absolute atomic E-state index is 0.124. The van der Waals surface area contributed by atoms with Crippen LogP contribution in [0.4, 0.5) is 5.69 Å². The third-order valence-electron chi connectivity index (χ3n) is 5.95. The Labute approximate surface area is 200 Å². The summed E-state index contributed by atoms with van der Waals surface area (Å²) in [6, 6.07) is 13.9. The zero-order chi connectivity index (χ0) is 23.6. The number of aromatic nitrogens is 4. The van der Waals surface area contributed by atoms with E-state index in [0.717, 1.165) is 48.3 Å². The van der Waals surface area contributed by atoms with E-state index >= 15 is 0 Å². The molecule has 1 atom stereocenters. The van der Waals surface area contributed by atoms with E-state index in [9.17, 15) is 0 Å². The molecule has 1 fully saturated rings. The van der Waals surface area contributed by atoms with Gasteiger partial charge in [-0.2, -0.15) is 0 Å². The number of hydrogen-bond donors (Lipinski definition) is 0. The van der Waals surface area contributed by atoms with Gasteiger partial charge in [-0.1, -0.05) is 23.7 Å². The van der Waals surface area contributed by atoms with Crippen molar-refractivity contribution in [3.05, 3.63) is 58.9 Å². The van der Waals surface area contributed by atoms with Crippen molar-refractivity contribution in [2.75, 3.05) is 45.3 Å². The van der Waals surface area contributed by atoms with E-state index in [2.05, 4.69) is 58.2 Å². The highest BCUT2D eigenvalue weighted by Gasteiger charge is 2.33. The van der Waals surface area contributed by atoms with Crippen molar-refractivity contribution in [2.24, 2.45) is 0 Å². The van der Waals surface area contributed by atoms with Gasteiger partial charge in [0.2, 0.25) is 0 Å². The van der Waals surface area contributed by atoms with E-state index in [1.165, 1.54) is 0 Å². The van der Waals surface area contributed by atoms with Gasteiger partial charge in [-0.3, -0.25) is 4.90 Å². The van der Waals surface area contributed by atoms with Crippen molar-refractivity contribution in [1.29, 1.82) is 0 Å². The summed E-state index contributed by atoms with van der Waals surface area (Å²) in [5.74, 6) is 2.19. The number of anilines is 1. The molecule has 0 radical (unpaired) electrons. The molecule has 1 aliphatic heterocycles. The van der Waals surface area contributed by atoms with Crippen molar-refractivity contribution >= 4 is 17.3 Å². The molecule has 0 spiro atoms. The van der Waals surface area contributed by atoms with Crippen molar-refractivity contribution in [3.8, 4) is 11.5 Å². The van der Waals surface area contributed by atoms with Crippen molar-refractivity contribution < 1.29 is 9.47 Å². The van der Waals surface area contributed by atoms with Crippen molar-refractivity contribution in [2.45, 2.75) is 32.4 Å². The Balaban J connectivity index is 1.68. The number of ether oxygens (including phenoxy) is 2. The number of piperazine rings is 1. The normalized spacial score (nSPS) is 16.0. The molecule has 3 aromatic rings. The quantitative estimate of drug-likeness (QED) is 0.539. The summed E-state index contributed by atoms with van der Waals surface area (Å²) >= 11 is 6.22. The molecule has 0 amide bonds. The minimum atomic E-state index is -0.254. The molecule has 2 aromatic carbocycles. The van der Waals surface area contributed by atoms with Gasteiger partial charge in [0, 0.05) is 36.9 Å². The van der Waals surface area contributed by atoms with Gasteiger partial charge in [-0.15, -0.1) is 5.10 Å². The Bertz CT molecular complexity index is 1090. The van der Waals surface area contributed by atoms with E-state index in [1.807, 2.05) is 35.0 Å². The lowest BCUT2D eigenvalue weighted by atomic mass is 10.0. The summed E-state index contributed by atoms with van der Waals surface area (Å²) in [5, 5.41) is 13.6. The molecule has 8 nitrogen and oxygen atoms in total. The summed E-state index contributed by atoms with van der Waals surface area (Å²) in [5.41, 5.74) is 1.95. The van der Waals surface area contributed by atoms with Crippen LogP contribution in [-0.2, 0) is 5.54 Å². The van der Waals surface area contributed by atoms with Crippen LogP contribution in [0.25, 0.3) is 0 Å². The maximum Gasteiger partial charge on any atom is 0.173 e. The zero-order valence-corrected chi connectivity index (χ0v) is 20.6. The average molecular weight is 471 g/mol. The molecule has 33 heavy (non-hydrogen) atoms. The average Bonchev–Trinajstić information content (AvgIpc) is 3.30. The van der Waals surface area contributed by atoms with Crippen LogP contribution in [0, 0.1) is 0 Å². The number of rotatable bonds is 6. The maximum absolute atomic E-state index is 6.22. The largest absolute Gasteiger partial charge is 0.493 e. The fourth-order valence-electron chi connectivity index (χ4n) is 4.30. The summed E-state index contributed by atoms with van der Waals surface area (Å²) in [4.78, 5) is 4.79. The van der Waals surface area contributed by atoms with Gasteiger partial charge in [0.05, 0.1) is 25.8 Å². The van der Waals surface area contributed by atoms with Gasteiger partial charge in [0.15, 0.2) is 17.3 Å². The fraction of sp³-hybridized carbons (Fsp3) is 0.458. The molecule has 0 saturated carbocycles. The molecule has 1 saturated heterocycles. The monoisotopic (exact) mass is 470 g/mol. The van der Waals surface area contributed by atoms with Crippen LogP contribution in [0.2, 0.25) is 5.02 Å². The summed E-state index contributed by atoms with van der Waals surface area (Å²) in [7, 11) is 3.30. The van der Waals surface area contributed by atoms with Crippen molar-refractivity contribution in [1.82, 2.24) is 25.1 Å². The van der Waals surface area contributed by atoms with Gasteiger partial charge >= 0.3 is 0 Å². The van der Waals surface area contributed by atoms with E-state index in [-0.39, 0.29) is 11.6 Å². The molecule has 1 aromatic heterocycles. The molecule has 1 aliphatic rings. The Kier molecular flexibility index (Phi) is 6.76. The van der Waals surface area contributed by atoms with Crippen LogP contribution in [0.1, 0.15) is 38.2 Å². The Morgan fingerprint density at radius 1 is 0.939 bits per heavy atom. The molecule has 4 rings (SSSR count). The van der Waals surface area contributed by atoms with Crippen LogP contribution >= 0.6 is 11.6 Å². The van der Waals surface area contributed by atoms with E-state index in [4.69, 9.17) is 21.1 Å². The first-order valence-electron chi connectivity index (χ1n) is 11.1. The topological polar surface area (TPSA) is 68.5 Å². The van der Waals surface area contributed by atoms with Crippen LogP contribution in [0.15, 0.2) is 42.5 Å². The third-order valence-corrected chi connectivity index (χ3v) is 6.18. The van der Waals surface area contributed by atoms with E-state index in [0.29, 0.717) is 11.5 Å². The SMILES string of the molecule is COc1ccc([C@H](c2nnnn2C(C)(C)C)N2CCN(c3cccc(Cl)c3)CC2)cc1OC. The second kappa shape index (κ2) is 9.57. The van der Waals surface area contributed by atoms with Crippen LogP contribution < -0.4 is 14.4 Å². The highest BCUT2D eigenvalue weighted by atomic mass is 35.5. The lowest BCUT2D eigenvalue weighted by Gasteiger charge is -2.40. The Morgan fingerprint density at radius 2 is 1.67 bits per heavy atom. The number of benzene rings is 2. The molecule has 0 bridgehead atoms. The van der Waals surface area contributed by atoms with Crippen LogP contribution in [0.5, 0.6) is 11.5 Å². The van der Waals surface area contributed by atoms with Gasteiger partial charge < -0.3 is 14.4 Å². The smallest absolute Gasteiger partial charge is 0.173 e. The summed E-state index contributed by atoms with van der Waals surface area (Å²) in [6.07, 6.45) is 0. The number of hydrogen-bond acceptors (Lipinski definition) is 7. The molecule has 9 heteroatoms. The first-order valence-corrected chi connectivity index (χ1v) is 11.4. The second-order valence-electron chi connectivity index (χ2n) is 9.14. The molecule has 0 unspecified atom stereocenters. The zero-order valence-electron chi connectivity index (χ0n) is 19.8. The third kappa shape index (κ3) is 4.91. The standard InChI is InChI=1S/C24H31ClN6O2/c1-24(2,3)31-23(26-27-28-31)22(17-9-10-20(32-4)21(15-17)33-5)30-13-11-29(12-14-30)19-8-6-7-18(25)16-19/h6-10,15-16,22H,11-14H2,1-5H3/t22-/m1/s1. The molecular weight excluding hydrogens is 440 g/mol. The predicted molar refractivity (Wildman–Crippen MR) is 129 cm³/mol. The first kappa shape index (κ1) is 23.3.